The average Bonchev–Trinajstić information content (AvgIpc) is 3.68. The summed E-state index contributed by atoms with van der Waals surface area (Å²) < 4.78 is 0. The first kappa shape index (κ1) is 30.3. The van der Waals surface area contributed by atoms with Crippen LogP contribution in [0.25, 0.3) is 0 Å². The summed E-state index contributed by atoms with van der Waals surface area (Å²) in [7, 11) is 0. The van der Waals surface area contributed by atoms with Crippen molar-refractivity contribution >= 4 is 35.5 Å². The number of carboxylic acid groups (broad SMARTS) is 1. The molecule has 12 nitrogen and oxygen atoms in total. The van der Waals surface area contributed by atoms with Gasteiger partial charge in [0, 0.05) is 6.54 Å². The van der Waals surface area contributed by atoms with Gasteiger partial charge in [0.15, 0.2) is 0 Å². The van der Waals surface area contributed by atoms with E-state index in [4.69, 9.17) is 5.73 Å². The Morgan fingerprint density at radius 3 is 2.14 bits per heavy atom. The van der Waals surface area contributed by atoms with E-state index in [1.807, 2.05) is 0 Å². The fourth-order valence-corrected chi connectivity index (χ4v) is 7.95. The van der Waals surface area contributed by atoms with E-state index in [0.717, 1.165) is 44.9 Å². The smallest absolute Gasteiger partial charge is 0.329 e. The summed E-state index contributed by atoms with van der Waals surface area (Å²) in [6.45, 7) is 4.45. The number of amides is 5. The number of carbonyl (C=O) groups is 6. The van der Waals surface area contributed by atoms with Gasteiger partial charge in [0.2, 0.25) is 17.6 Å². The number of aliphatic carboxylic acids is 1. The van der Waals surface area contributed by atoms with Gasteiger partial charge < -0.3 is 31.7 Å². The Bertz CT molecular complexity index is 1140. The fourth-order valence-electron chi connectivity index (χ4n) is 7.95. The molecule has 4 saturated carbocycles. The molecule has 5 fully saturated rings. The Balaban J connectivity index is 1.36. The van der Waals surface area contributed by atoms with Crippen molar-refractivity contribution in [1.29, 1.82) is 0 Å². The van der Waals surface area contributed by atoms with Gasteiger partial charge in [0.05, 0.1) is 6.04 Å². The Hall–Kier alpha value is -3.18. The number of nitrogens with one attached hydrogen (secondary N) is 3. The van der Waals surface area contributed by atoms with E-state index < -0.39 is 53.3 Å². The van der Waals surface area contributed by atoms with Crippen LogP contribution in [0.5, 0.6) is 0 Å². The number of carboxylic acids is 1. The molecule has 0 spiro atoms. The number of piperidine rings is 1. The van der Waals surface area contributed by atoms with Crippen molar-refractivity contribution < 1.29 is 33.9 Å². The number of likely N-dealkylation sites (tertiary alicyclic amines) is 1. The summed E-state index contributed by atoms with van der Waals surface area (Å²) in [5, 5.41) is 18.1. The van der Waals surface area contributed by atoms with Gasteiger partial charge in [-0.15, -0.1) is 0 Å². The lowest BCUT2D eigenvalue weighted by Crippen LogP contribution is -2.62. The van der Waals surface area contributed by atoms with E-state index in [1.165, 1.54) is 0 Å². The highest BCUT2D eigenvalue weighted by molar-refractivity contribution is 6.37. The minimum Gasteiger partial charge on any atom is -0.480 e. The van der Waals surface area contributed by atoms with Crippen LogP contribution in [0, 0.1) is 29.1 Å². The van der Waals surface area contributed by atoms with Gasteiger partial charge in [-0.25, -0.2) is 9.59 Å². The Labute approximate surface area is 246 Å². The van der Waals surface area contributed by atoms with Crippen LogP contribution in [0.2, 0.25) is 0 Å². The van der Waals surface area contributed by atoms with Crippen molar-refractivity contribution in [1.82, 2.24) is 20.9 Å². The third-order valence-corrected chi connectivity index (χ3v) is 10.8. The lowest BCUT2D eigenvalue weighted by atomic mass is 9.83. The molecule has 0 bridgehead atoms. The molecule has 5 amide bonds. The summed E-state index contributed by atoms with van der Waals surface area (Å²) in [6.07, 6.45) is 8.57. The first-order valence-corrected chi connectivity index (χ1v) is 15.6. The van der Waals surface area contributed by atoms with E-state index in [0.29, 0.717) is 38.6 Å². The predicted octanol–water partition coefficient (Wildman–Crippen LogP) is 1.45. The Morgan fingerprint density at radius 2 is 1.57 bits per heavy atom. The van der Waals surface area contributed by atoms with Gasteiger partial charge in [0.1, 0.15) is 17.6 Å². The molecule has 0 aromatic carbocycles. The maximum Gasteiger partial charge on any atom is 0.329 e. The summed E-state index contributed by atoms with van der Waals surface area (Å²) in [4.78, 5) is 79.2. The number of urea groups is 1. The molecule has 1 heterocycles. The largest absolute Gasteiger partial charge is 0.480 e. The first-order valence-electron chi connectivity index (χ1n) is 15.6. The van der Waals surface area contributed by atoms with E-state index >= 15 is 0 Å². The quantitative estimate of drug-likeness (QED) is 0.226. The van der Waals surface area contributed by atoms with Crippen LogP contribution in [-0.2, 0) is 24.0 Å². The van der Waals surface area contributed by atoms with Crippen molar-refractivity contribution in [2.24, 2.45) is 34.8 Å². The Kier molecular flexibility index (Phi) is 8.28. The molecule has 1 saturated heterocycles. The third-order valence-electron chi connectivity index (χ3n) is 10.8. The van der Waals surface area contributed by atoms with Crippen LogP contribution in [0.1, 0.15) is 90.9 Å². The number of hydrogen-bond donors (Lipinski definition) is 5. The van der Waals surface area contributed by atoms with Gasteiger partial charge >= 0.3 is 12.0 Å². The Morgan fingerprint density at radius 1 is 0.929 bits per heavy atom. The summed E-state index contributed by atoms with van der Waals surface area (Å²) in [5.41, 5.74) is 3.75. The van der Waals surface area contributed by atoms with Crippen LogP contribution in [-0.4, -0.2) is 75.7 Å². The molecule has 0 aromatic heterocycles. The number of carbonyl (C=O) groups excluding carboxylic acids is 5. The van der Waals surface area contributed by atoms with Gasteiger partial charge in [-0.3, -0.25) is 19.2 Å². The maximum atomic E-state index is 14.3. The standard InChI is InChI=1S/C30H45N5O7/c1-29(2)18-15-35(22(20(18)29)25(38)32-19(14-16-10-11-16)23(36)24(31)37)26(39)21(17-8-4-3-5-9-17)33-28(42)34-30(27(40)41)12-6-7-13-30/h16-22H,3-15H2,1-2H3,(H2,31,37)(H,32,38)(H,40,41)(H2,33,34,42)/t18-,19?,20-,21-,22-/m0/s1. The lowest BCUT2D eigenvalue weighted by Gasteiger charge is -2.37. The van der Waals surface area contributed by atoms with Crippen LogP contribution >= 0.6 is 0 Å². The molecule has 6 N–H and O–H groups in total. The molecule has 0 aromatic rings. The van der Waals surface area contributed by atoms with Crippen molar-refractivity contribution in [2.75, 3.05) is 6.54 Å². The highest BCUT2D eigenvalue weighted by Gasteiger charge is 2.69. The van der Waals surface area contributed by atoms with Crippen LogP contribution < -0.4 is 21.7 Å². The molecular weight excluding hydrogens is 542 g/mol. The topological polar surface area (TPSA) is 188 Å². The van der Waals surface area contributed by atoms with Crippen molar-refractivity contribution in [3.05, 3.63) is 0 Å². The monoisotopic (exact) mass is 587 g/mol. The number of fused-ring (bicyclic) bond motifs is 1. The molecule has 1 aliphatic heterocycles. The number of Topliss-reactive ketones (excluding diaryl/α,β-unsaturated/α-hetero) is 1. The second-order valence-corrected chi connectivity index (χ2v) is 13.9. The molecule has 4 aliphatic carbocycles. The van der Waals surface area contributed by atoms with E-state index in [-0.39, 0.29) is 35.0 Å². The first-order chi connectivity index (χ1) is 19.9. The molecule has 12 heteroatoms. The normalized spacial score (nSPS) is 29.1. The van der Waals surface area contributed by atoms with E-state index in [1.54, 1.807) is 4.90 Å². The van der Waals surface area contributed by atoms with Gasteiger partial charge in [-0.1, -0.05) is 58.8 Å². The molecule has 0 radical (unpaired) electrons. The van der Waals surface area contributed by atoms with E-state index in [9.17, 15) is 33.9 Å². The average molecular weight is 588 g/mol. The SMILES string of the molecule is CC1(C)[C@@H]2[C@@H](C(=O)NC(CC3CC3)C(=O)C(N)=O)N(C(=O)[C@@H](NC(=O)NC3(C(=O)O)CCCC3)C3CCCCC3)C[C@@H]21. The minimum absolute atomic E-state index is 0.0838. The zero-order valence-corrected chi connectivity index (χ0v) is 24.7. The number of primary amides is 1. The molecule has 232 valence electrons. The molecular formula is C30H45N5O7. The molecule has 42 heavy (non-hydrogen) atoms. The van der Waals surface area contributed by atoms with Crippen molar-refractivity contribution in [2.45, 2.75) is 115 Å². The van der Waals surface area contributed by atoms with Gasteiger partial charge in [-0.2, -0.15) is 0 Å². The number of nitrogens with two attached hydrogens (primary N) is 1. The number of nitrogens with zero attached hydrogens (tertiary/aromatic N) is 1. The maximum absolute atomic E-state index is 14.3. The summed E-state index contributed by atoms with van der Waals surface area (Å²) in [5.74, 6) is -3.80. The van der Waals surface area contributed by atoms with E-state index in [2.05, 4.69) is 29.8 Å². The second kappa shape index (κ2) is 11.5. The fraction of sp³-hybridized carbons (Fsp3) is 0.800. The van der Waals surface area contributed by atoms with Crippen molar-refractivity contribution in [3.8, 4) is 0 Å². The molecule has 5 aliphatic rings. The lowest BCUT2D eigenvalue weighted by molar-refractivity contribution is -0.144. The summed E-state index contributed by atoms with van der Waals surface area (Å²) >= 11 is 0. The van der Waals surface area contributed by atoms with Crippen LogP contribution in [0.4, 0.5) is 4.79 Å². The molecule has 5 rings (SSSR count). The minimum atomic E-state index is -1.35. The number of ketones is 1. The highest BCUT2D eigenvalue weighted by atomic mass is 16.4. The zero-order valence-electron chi connectivity index (χ0n) is 24.7. The summed E-state index contributed by atoms with van der Waals surface area (Å²) in [6, 6.07) is -3.48. The third kappa shape index (κ3) is 5.86. The molecule has 5 atom stereocenters. The number of hydrogen-bond acceptors (Lipinski definition) is 6. The predicted molar refractivity (Wildman–Crippen MR) is 151 cm³/mol. The highest BCUT2D eigenvalue weighted by Crippen LogP contribution is 2.65. The van der Waals surface area contributed by atoms with Crippen LogP contribution in [0.15, 0.2) is 0 Å². The zero-order chi connectivity index (χ0) is 30.4. The van der Waals surface area contributed by atoms with Gasteiger partial charge in [0.25, 0.3) is 5.91 Å². The second-order valence-electron chi connectivity index (χ2n) is 13.9. The molecule has 1 unspecified atom stereocenters. The number of rotatable bonds is 11. The van der Waals surface area contributed by atoms with Gasteiger partial charge in [-0.05, 0) is 61.2 Å². The van der Waals surface area contributed by atoms with Crippen LogP contribution in [0.3, 0.4) is 0 Å². The van der Waals surface area contributed by atoms with Crippen molar-refractivity contribution in [3.63, 3.8) is 0 Å².